The predicted octanol–water partition coefficient (Wildman–Crippen LogP) is 2.00. The van der Waals surface area contributed by atoms with E-state index in [1.54, 1.807) is 30.5 Å². The second-order valence-electron chi connectivity index (χ2n) is 6.16. The third kappa shape index (κ3) is 6.54. The standard InChI is InChI=1S/C20H24N4O3/c1-3-11-24(20(27)16-5-4-10-21-12-16)14-19(26)22-13-18(25)23-17-8-6-15(2)7-9-17/h4-10,12H,3,11,13-14H2,1-2H3,(H,22,26)(H,23,25). The molecule has 142 valence electrons. The Kier molecular flexibility index (Phi) is 7.49. The number of carbonyl (C=O) groups is 3. The van der Waals surface area contributed by atoms with Gasteiger partial charge >= 0.3 is 0 Å². The number of benzene rings is 1. The van der Waals surface area contributed by atoms with Crippen LogP contribution in [0, 0.1) is 6.92 Å². The fourth-order valence-corrected chi connectivity index (χ4v) is 2.44. The first-order valence-electron chi connectivity index (χ1n) is 8.82. The van der Waals surface area contributed by atoms with E-state index in [1.807, 2.05) is 26.0 Å². The lowest BCUT2D eigenvalue weighted by Gasteiger charge is -2.21. The predicted molar refractivity (Wildman–Crippen MR) is 103 cm³/mol. The fourth-order valence-electron chi connectivity index (χ4n) is 2.44. The average Bonchev–Trinajstić information content (AvgIpc) is 2.68. The number of carbonyl (C=O) groups excluding carboxylic acids is 3. The van der Waals surface area contributed by atoms with E-state index in [-0.39, 0.29) is 30.8 Å². The van der Waals surface area contributed by atoms with Crippen molar-refractivity contribution in [3.63, 3.8) is 0 Å². The molecule has 0 bridgehead atoms. The van der Waals surface area contributed by atoms with Gasteiger partial charge in [-0.05, 0) is 37.6 Å². The van der Waals surface area contributed by atoms with Crippen LogP contribution in [-0.2, 0) is 9.59 Å². The SMILES string of the molecule is CCCN(CC(=O)NCC(=O)Nc1ccc(C)cc1)C(=O)c1cccnc1. The van der Waals surface area contributed by atoms with Crippen molar-refractivity contribution >= 4 is 23.4 Å². The minimum atomic E-state index is -0.389. The van der Waals surface area contributed by atoms with Crippen LogP contribution in [0.3, 0.4) is 0 Å². The first kappa shape index (κ1) is 20.1. The summed E-state index contributed by atoms with van der Waals surface area (Å²) in [6.07, 6.45) is 3.77. The maximum atomic E-state index is 12.5. The minimum Gasteiger partial charge on any atom is -0.345 e. The van der Waals surface area contributed by atoms with Crippen molar-refractivity contribution in [3.05, 3.63) is 59.9 Å². The summed E-state index contributed by atoms with van der Waals surface area (Å²) in [4.78, 5) is 42.0. The van der Waals surface area contributed by atoms with Crippen LogP contribution >= 0.6 is 0 Å². The van der Waals surface area contributed by atoms with E-state index in [0.29, 0.717) is 24.2 Å². The second-order valence-corrected chi connectivity index (χ2v) is 6.16. The van der Waals surface area contributed by atoms with Gasteiger partial charge in [0.25, 0.3) is 5.91 Å². The van der Waals surface area contributed by atoms with E-state index in [1.165, 1.54) is 11.1 Å². The summed E-state index contributed by atoms with van der Waals surface area (Å²) in [7, 11) is 0. The third-order valence-electron chi connectivity index (χ3n) is 3.81. The highest BCUT2D eigenvalue weighted by Crippen LogP contribution is 2.08. The highest BCUT2D eigenvalue weighted by molar-refractivity contribution is 5.97. The summed E-state index contributed by atoms with van der Waals surface area (Å²) in [6.45, 7) is 4.06. The summed E-state index contributed by atoms with van der Waals surface area (Å²) in [5, 5.41) is 5.26. The van der Waals surface area contributed by atoms with Crippen LogP contribution in [0.15, 0.2) is 48.8 Å². The highest BCUT2D eigenvalue weighted by atomic mass is 16.2. The molecule has 2 aromatic rings. The number of rotatable bonds is 8. The number of amides is 3. The molecule has 0 atom stereocenters. The Morgan fingerprint density at radius 2 is 1.81 bits per heavy atom. The topological polar surface area (TPSA) is 91.4 Å². The van der Waals surface area contributed by atoms with Gasteiger partial charge in [0.15, 0.2) is 0 Å². The molecule has 27 heavy (non-hydrogen) atoms. The Morgan fingerprint density at radius 3 is 2.44 bits per heavy atom. The minimum absolute atomic E-state index is 0.112. The first-order chi connectivity index (χ1) is 13.0. The quantitative estimate of drug-likeness (QED) is 0.745. The smallest absolute Gasteiger partial charge is 0.255 e. The normalized spacial score (nSPS) is 10.1. The Morgan fingerprint density at radius 1 is 1.07 bits per heavy atom. The lowest BCUT2D eigenvalue weighted by molar-refractivity contribution is -0.124. The maximum Gasteiger partial charge on any atom is 0.255 e. The molecule has 0 saturated heterocycles. The Labute approximate surface area is 158 Å². The molecule has 1 aromatic carbocycles. The number of pyridine rings is 1. The molecule has 0 aliphatic rings. The van der Waals surface area contributed by atoms with Crippen LogP contribution < -0.4 is 10.6 Å². The number of hydrogen-bond donors (Lipinski definition) is 2. The van der Waals surface area contributed by atoms with Crippen LogP contribution in [0.1, 0.15) is 29.3 Å². The van der Waals surface area contributed by atoms with E-state index >= 15 is 0 Å². The average molecular weight is 368 g/mol. The zero-order valence-corrected chi connectivity index (χ0v) is 15.6. The van der Waals surface area contributed by atoms with E-state index in [4.69, 9.17) is 0 Å². The number of aromatic nitrogens is 1. The highest BCUT2D eigenvalue weighted by Gasteiger charge is 2.18. The van der Waals surface area contributed by atoms with Crippen molar-refractivity contribution in [2.24, 2.45) is 0 Å². The molecular formula is C20H24N4O3. The van der Waals surface area contributed by atoms with Crippen molar-refractivity contribution in [2.75, 3.05) is 25.0 Å². The molecule has 1 aromatic heterocycles. The van der Waals surface area contributed by atoms with Crippen LogP contribution in [-0.4, -0.2) is 47.2 Å². The van der Waals surface area contributed by atoms with Crippen molar-refractivity contribution in [2.45, 2.75) is 20.3 Å². The Bertz CT molecular complexity index is 776. The van der Waals surface area contributed by atoms with Crippen LogP contribution in [0.4, 0.5) is 5.69 Å². The van der Waals surface area contributed by atoms with Gasteiger partial charge in [-0.25, -0.2) is 0 Å². The monoisotopic (exact) mass is 368 g/mol. The van der Waals surface area contributed by atoms with Gasteiger partial charge in [0.2, 0.25) is 11.8 Å². The first-order valence-corrected chi connectivity index (χ1v) is 8.82. The number of nitrogens with zero attached hydrogens (tertiary/aromatic N) is 2. The molecule has 0 saturated carbocycles. The molecular weight excluding hydrogens is 344 g/mol. The molecule has 0 aliphatic carbocycles. The molecule has 7 nitrogen and oxygen atoms in total. The molecule has 3 amide bonds. The summed E-state index contributed by atoms with van der Waals surface area (Å²) in [5.74, 6) is -0.975. The number of aryl methyl sites for hydroxylation is 1. The van der Waals surface area contributed by atoms with Gasteiger partial charge in [0, 0.05) is 24.6 Å². The van der Waals surface area contributed by atoms with Gasteiger partial charge in [0.05, 0.1) is 18.7 Å². The summed E-state index contributed by atoms with van der Waals surface area (Å²) < 4.78 is 0. The molecule has 2 rings (SSSR count). The van der Waals surface area contributed by atoms with Crippen molar-refractivity contribution in [1.82, 2.24) is 15.2 Å². The van der Waals surface area contributed by atoms with E-state index in [0.717, 1.165) is 5.56 Å². The van der Waals surface area contributed by atoms with Gasteiger partial charge < -0.3 is 15.5 Å². The summed E-state index contributed by atoms with van der Waals surface area (Å²) in [6, 6.07) is 10.7. The molecule has 0 spiro atoms. The molecule has 7 heteroatoms. The van der Waals surface area contributed by atoms with Crippen LogP contribution in [0.2, 0.25) is 0 Å². The molecule has 0 radical (unpaired) electrons. The zero-order chi connectivity index (χ0) is 19.6. The van der Waals surface area contributed by atoms with Gasteiger partial charge in [-0.15, -0.1) is 0 Å². The van der Waals surface area contributed by atoms with Gasteiger partial charge in [-0.2, -0.15) is 0 Å². The number of anilines is 1. The molecule has 1 heterocycles. The van der Waals surface area contributed by atoms with E-state index in [2.05, 4.69) is 15.6 Å². The molecule has 2 N–H and O–H groups in total. The Balaban J connectivity index is 1.85. The zero-order valence-electron chi connectivity index (χ0n) is 15.6. The molecule has 0 fully saturated rings. The van der Waals surface area contributed by atoms with Crippen molar-refractivity contribution < 1.29 is 14.4 Å². The molecule has 0 unspecified atom stereocenters. The van der Waals surface area contributed by atoms with Gasteiger partial charge in [-0.1, -0.05) is 24.6 Å². The van der Waals surface area contributed by atoms with E-state index < -0.39 is 0 Å². The lowest BCUT2D eigenvalue weighted by atomic mass is 10.2. The summed E-state index contributed by atoms with van der Waals surface area (Å²) >= 11 is 0. The van der Waals surface area contributed by atoms with Gasteiger partial charge in [-0.3, -0.25) is 19.4 Å². The maximum absolute atomic E-state index is 12.5. The molecule has 0 aliphatic heterocycles. The van der Waals surface area contributed by atoms with Crippen LogP contribution in [0.25, 0.3) is 0 Å². The van der Waals surface area contributed by atoms with Gasteiger partial charge in [0.1, 0.15) is 0 Å². The van der Waals surface area contributed by atoms with Crippen LogP contribution in [0.5, 0.6) is 0 Å². The van der Waals surface area contributed by atoms with Crippen molar-refractivity contribution in [3.8, 4) is 0 Å². The number of nitrogens with one attached hydrogen (secondary N) is 2. The van der Waals surface area contributed by atoms with E-state index in [9.17, 15) is 14.4 Å². The summed E-state index contributed by atoms with van der Waals surface area (Å²) in [5.41, 5.74) is 2.19. The Hall–Kier alpha value is -3.22. The largest absolute Gasteiger partial charge is 0.345 e. The number of hydrogen-bond acceptors (Lipinski definition) is 4. The van der Waals surface area contributed by atoms with Crippen molar-refractivity contribution in [1.29, 1.82) is 0 Å². The third-order valence-corrected chi connectivity index (χ3v) is 3.81. The fraction of sp³-hybridized carbons (Fsp3) is 0.300. The lowest BCUT2D eigenvalue weighted by Crippen LogP contribution is -2.43. The second kappa shape index (κ2) is 10.1.